The van der Waals surface area contributed by atoms with Crippen LogP contribution in [0.15, 0.2) is 24.3 Å². The Bertz CT molecular complexity index is 1140. The number of hydrogen-bond donors (Lipinski definition) is 1. The summed E-state index contributed by atoms with van der Waals surface area (Å²) >= 11 is 0. The Labute approximate surface area is 212 Å². The number of rotatable bonds is 7. The van der Waals surface area contributed by atoms with Gasteiger partial charge in [0.05, 0.1) is 12.2 Å². The third-order valence-electron chi connectivity index (χ3n) is 8.21. The summed E-state index contributed by atoms with van der Waals surface area (Å²) < 4.78 is 13.9. The average Bonchev–Trinajstić information content (AvgIpc) is 3.31. The predicted octanol–water partition coefficient (Wildman–Crippen LogP) is 3.27. The second kappa shape index (κ2) is 9.76. The summed E-state index contributed by atoms with van der Waals surface area (Å²) in [6, 6.07) is 7.14. The number of likely N-dealkylation sites (tertiary alicyclic amines) is 1. The quantitative estimate of drug-likeness (QED) is 0.593. The van der Waals surface area contributed by atoms with Crippen molar-refractivity contribution >= 4 is 11.9 Å². The maximum atomic E-state index is 13.7. The first-order chi connectivity index (χ1) is 17.4. The van der Waals surface area contributed by atoms with Crippen LogP contribution in [0.4, 0.5) is 4.79 Å². The molecule has 1 aromatic heterocycles. The van der Waals surface area contributed by atoms with Gasteiger partial charge in [-0.3, -0.25) is 19.3 Å². The Morgan fingerprint density at radius 1 is 1.11 bits per heavy atom. The number of amides is 3. The molecule has 0 radical (unpaired) electrons. The number of urea groups is 1. The van der Waals surface area contributed by atoms with Gasteiger partial charge >= 0.3 is 6.03 Å². The van der Waals surface area contributed by atoms with E-state index in [1.807, 2.05) is 31.2 Å². The summed E-state index contributed by atoms with van der Waals surface area (Å²) in [6.45, 7) is 12.3. The first-order valence-electron chi connectivity index (χ1n) is 13.1. The molecule has 1 aromatic carbocycles. The van der Waals surface area contributed by atoms with Crippen molar-refractivity contribution in [3.8, 4) is 11.5 Å². The molecular weight excluding hydrogens is 458 g/mol. The zero-order valence-corrected chi connectivity index (χ0v) is 21.7. The number of ether oxygens (including phenoxy) is 2. The molecule has 2 fully saturated rings. The molecule has 9 nitrogen and oxygen atoms in total. The SMILES string of the molecule is CCn1nc(C)c(CN2CCC([C@@]3(CC)NC(=O)N(C[C@@H]4COc5ccccc5O4)C3=O)CC2)c1C. The molecule has 4 heterocycles. The maximum absolute atomic E-state index is 13.7. The highest BCUT2D eigenvalue weighted by Crippen LogP contribution is 2.37. The highest BCUT2D eigenvalue weighted by atomic mass is 16.6. The van der Waals surface area contributed by atoms with Gasteiger partial charge in [0.15, 0.2) is 17.6 Å². The van der Waals surface area contributed by atoms with E-state index in [-0.39, 0.29) is 30.5 Å². The number of imide groups is 1. The molecule has 0 saturated carbocycles. The number of para-hydroxylation sites is 2. The van der Waals surface area contributed by atoms with Crippen LogP contribution in [0.3, 0.4) is 0 Å². The number of nitrogens with one attached hydrogen (secondary N) is 1. The number of fused-ring (bicyclic) bond motifs is 1. The molecule has 3 aliphatic rings. The number of aromatic nitrogens is 2. The molecule has 2 saturated heterocycles. The topological polar surface area (TPSA) is 88.9 Å². The van der Waals surface area contributed by atoms with Crippen molar-refractivity contribution in [1.29, 1.82) is 0 Å². The monoisotopic (exact) mass is 495 g/mol. The third-order valence-corrected chi connectivity index (χ3v) is 8.21. The number of piperidine rings is 1. The summed E-state index contributed by atoms with van der Waals surface area (Å²) in [6.07, 6.45) is 1.92. The van der Waals surface area contributed by atoms with Crippen LogP contribution >= 0.6 is 0 Å². The normalized spacial score (nSPS) is 24.9. The van der Waals surface area contributed by atoms with E-state index in [1.54, 1.807) is 0 Å². The Morgan fingerprint density at radius 2 is 1.83 bits per heavy atom. The fourth-order valence-electron chi connectivity index (χ4n) is 6.05. The largest absolute Gasteiger partial charge is 0.486 e. The molecule has 5 rings (SSSR count). The predicted molar refractivity (Wildman–Crippen MR) is 135 cm³/mol. The van der Waals surface area contributed by atoms with Crippen molar-refractivity contribution in [2.75, 3.05) is 26.2 Å². The molecule has 0 aliphatic carbocycles. The minimum atomic E-state index is -0.852. The lowest BCUT2D eigenvalue weighted by Crippen LogP contribution is -2.56. The molecule has 36 heavy (non-hydrogen) atoms. The Hall–Kier alpha value is -3.07. The van der Waals surface area contributed by atoms with Gasteiger partial charge in [-0.25, -0.2) is 4.79 Å². The summed E-state index contributed by atoms with van der Waals surface area (Å²) in [4.78, 5) is 30.5. The van der Waals surface area contributed by atoms with Gasteiger partial charge in [-0.15, -0.1) is 0 Å². The first-order valence-corrected chi connectivity index (χ1v) is 13.1. The number of carbonyl (C=O) groups excluding carboxylic acids is 2. The van der Waals surface area contributed by atoms with E-state index in [0.717, 1.165) is 44.7 Å². The maximum Gasteiger partial charge on any atom is 0.325 e. The van der Waals surface area contributed by atoms with Crippen LogP contribution in [-0.2, 0) is 17.9 Å². The van der Waals surface area contributed by atoms with E-state index in [2.05, 4.69) is 40.8 Å². The van der Waals surface area contributed by atoms with Crippen LogP contribution in [-0.4, -0.2) is 69.4 Å². The fourth-order valence-corrected chi connectivity index (χ4v) is 6.05. The number of benzene rings is 1. The average molecular weight is 496 g/mol. The van der Waals surface area contributed by atoms with Crippen molar-refractivity contribution in [2.24, 2.45) is 5.92 Å². The van der Waals surface area contributed by atoms with Crippen LogP contribution in [0.25, 0.3) is 0 Å². The lowest BCUT2D eigenvalue weighted by Gasteiger charge is -2.40. The van der Waals surface area contributed by atoms with Gasteiger partial charge < -0.3 is 14.8 Å². The Kier molecular flexibility index (Phi) is 6.68. The Balaban J connectivity index is 1.23. The lowest BCUT2D eigenvalue weighted by atomic mass is 9.75. The van der Waals surface area contributed by atoms with Crippen LogP contribution in [0.1, 0.15) is 50.1 Å². The smallest absolute Gasteiger partial charge is 0.325 e. The van der Waals surface area contributed by atoms with E-state index in [4.69, 9.17) is 9.47 Å². The van der Waals surface area contributed by atoms with E-state index >= 15 is 0 Å². The number of carbonyl (C=O) groups is 2. The van der Waals surface area contributed by atoms with Crippen molar-refractivity contribution < 1.29 is 19.1 Å². The second-order valence-corrected chi connectivity index (χ2v) is 10.2. The summed E-state index contributed by atoms with van der Waals surface area (Å²) in [5.74, 6) is 1.30. The summed E-state index contributed by atoms with van der Waals surface area (Å²) in [7, 11) is 0. The number of nitrogens with zero attached hydrogens (tertiary/aromatic N) is 4. The zero-order valence-electron chi connectivity index (χ0n) is 21.7. The molecule has 1 N–H and O–H groups in total. The van der Waals surface area contributed by atoms with E-state index in [9.17, 15) is 9.59 Å². The standard InChI is InChI=1S/C27H37N5O4/c1-5-27(20-11-13-30(14-12-20)16-22-18(3)29-32(6-2)19(22)4)25(33)31(26(34)28-27)15-21-17-35-23-9-7-8-10-24(23)36-21/h7-10,20-21H,5-6,11-17H2,1-4H3,(H,28,34)/t21-,27-/m1/s1. The van der Waals surface area contributed by atoms with Crippen molar-refractivity contribution in [3.63, 3.8) is 0 Å². The summed E-state index contributed by atoms with van der Waals surface area (Å²) in [5, 5.41) is 7.75. The molecule has 2 atom stereocenters. The molecular formula is C27H37N5O4. The summed E-state index contributed by atoms with van der Waals surface area (Å²) in [5.41, 5.74) is 2.77. The Morgan fingerprint density at radius 3 is 2.50 bits per heavy atom. The van der Waals surface area contributed by atoms with Gasteiger partial charge in [-0.1, -0.05) is 19.1 Å². The van der Waals surface area contributed by atoms with Crippen molar-refractivity contribution in [3.05, 3.63) is 41.2 Å². The van der Waals surface area contributed by atoms with E-state index in [0.29, 0.717) is 24.5 Å². The first kappa shape index (κ1) is 24.6. The molecule has 0 spiro atoms. The second-order valence-electron chi connectivity index (χ2n) is 10.2. The van der Waals surface area contributed by atoms with Gasteiger partial charge in [0.1, 0.15) is 12.1 Å². The molecule has 0 bridgehead atoms. The molecule has 9 heteroatoms. The van der Waals surface area contributed by atoms with Gasteiger partial charge in [-0.2, -0.15) is 5.10 Å². The lowest BCUT2D eigenvalue weighted by molar-refractivity contribution is -0.135. The van der Waals surface area contributed by atoms with Gasteiger partial charge in [0, 0.05) is 24.3 Å². The van der Waals surface area contributed by atoms with Crippen LogP contribution < -0.4 is 14.8 Å². The van der Waals surface area contributed by atoms with Crippen molar-refractivity contribution in [2.45, 2.75) is 71.7 Å². The zero-order chi connectivity index (χ0) is 25.4. The molecule has 0 unspecified atom stereocenters. The molecule has 3 aliphatic heterocycles. The third kappa shape index (κ3) is 4.23. The molecule has 2 aromatic rings. The van der Waals surface area contributed by atoms with E-state index in [1.165, 1.54) is 16.2 Å². The number of hydrogen-bond acceptors (Lipinski definition) is 6. The number of aryl methyl sites for hydroxylation is 2. The minimum Gasteiger partial charge on any atom is -0.486 e. The van der Waals surface area contributed by atoms with Crippen molar-refractivity contribution in [1.82, 2.24) is 24.9 Å². The minimum absolute atomic E-state index is 0.102. The van der Waals surface area contributed by atoms with Gasteiger partial charge in [0.2, 0.25) is 0 Å². The van der Waals surface area contributed by atoms with Crippen LogP contribution in [0.5, 0.6) is 11.5 Å². The molecule has 3 amide bonds. The fraction of sp³-hybridized carbons (Fsp3) is 0.593. The highest BCUT2D eigenvalue weighted by molar-refractivity contribution is 6.07. The highest BCUT2D eigenvalue weighted by Gasteiger charge is 2.55. The van der Waals surface area contributed by atoms with Gasteiger partial charge in [0.25, 0.3) is 5.91 Å². The van der Waals surface area contributed by atoms with Crippen LogP contribution in [0.2, 0.25) is 0 Å². The molecule has 194 valence electrons. The van der Waals surface area contributed by atoms with E-state index < -0.39 is 5.54 Å². The van der Waals surface area contributed by atoms with Crippen LogP contribution in [0, 0.1) is 19.8 Å². The van der Waals surface area contributed by atoms with Gasteiger partial charge in [-0.05, 0) is 71.2 Å².